The van der Waals surface area contributed by atoms with Crippen molar-refractivity contribution in [1.82, 2.24) is 9.80 Å². The Hall–Kier alpha value is -3.33. The molecule has 3 aliphatic rings. The number of halogens is 1. The van der Waals surface area contributed by atoms with E-state index in [0.29, 0.717) is 30.4 Å². The lowest BCUT2D eigenvalue weighted by Crippen LogP contribution is -2.47. The molecule has 2 aromatic carbocycles. The molecule has 5 rings (SSSR count). The molecule has 0 bridgehead atoms. The molecule has 1 aliphatic carbocycles. The van der Waals surface area contributed by atoms with Gasteiger partial charge >= 0.3 is 0 Å². The average Bonchev–Trinajstić information content (AvgIpc) is 3.26. The van der Waals surface area contributed by atoms with Gasteiger partial charge in [-0.3, -0.25) is 19.4 Å². The zero-order valence-corrected chi connectivity index (χ0v) is 26.0. The number of allylic oxidation sites excluding steroid dienone is 2. The van der Waals surface area contributed by atoms with Crippen molar-refractivity contribution in [2.45, 2.75) is 71.6 Å². The molecule has 4 atom stereocenters. The van der Waals surface area contributed by atoms with Gasteiger partial charge in [0.1, 0.15) is 0 Å². The fraction of sp³-hybridized carbons (Fsp3) is 0.500. The summed E-state index contributed by atoms with van der Waals surface area (Å²) in [4.78, 5) is 31.7. The van der Waals surface area contributed by atoms with Crippen molar-refractivity contribution in [2.24, 2.45) is 23.7 Å². The van der Waals surface area contributed by atoms with Crippen LogP contribution in [0.3, 0.4) is 0 Å². The maximum atomic E-state index is 14.0. The minimum absolute atomic E-state index is 0.0458. The first-order chi connectivity index (χ1) is 21.1. The van der Waals surface area contributed by atoms with E-state index in [1.165, 1.54) is 22.6 Å². The third-order valence-electron chi connectivity index (χ3n) is 9.78. The van der Waals surface area contributed by atoms with Crippen LogP contribution in [0.15, 0.2) is 65.3 Å². The van der Waals surface area contributed by atoms with Gasteiger partial charge in [0.15, 0.2) is 11.6 Å². The Balaban J connectivity index is 1.29. The number of benzene rings is 2. The number of phenols is 1. The fourth-order valence-electron chi connectivity index (χ4n) is 7.50. The van der Waals surface area contributed by atoms with Crippen LogP contribution in [-0.2, 0) is 16.1 Å². The van der Waals surface area contributed by atoms with Crippen molar-refractivity contribution in [3.8, 4) is 5.75 Å². The number of hydrogen-bond donors (Lipinski definition) is 3. The Labute approximate surface area is 259 Å². The highest BCUT2D eigenvalue weighted by molar-refractivity contribution is 6.06. The van der Waals surface area contributed by atoms with E-state index in [1.54, 1.807) is 6.07 Å². The predicted octanol–water partition coefficient (Wildman–Crippen LogP) is 5.31. The monoisotopic (exact) mass is 604 g/mol. The largest absolute Gasteiger partial charge is 0.505 e. The first kappa shape index (κ1) is 32.1. The van der Waals surface area contributed by atoms with Crippen LogP contribution in [0.5, 0.6) is 5.75 Å². The summed E-state index contributed by atoms with van der Waals surface area (Å²) in [6.45, 7) is 8.10. The van der Waals surface area contributed by atoms with Gasteiger partial charge in [-0.2, -0.15) is 0 Å². The molecule has 7 nitrogen and oxygen atoms in total. The number of amides is 2. The molecule has 8 heteroatoms. The Bertz CT molecular complexity index is 1410. The molecule has 44 heavy (non-hydrogen) atoms. The van der Waals surface area contributed by atoms with Crippen LogP contribution in [-0.4, -0.2) is 68.8 Å². The number of likely N-dealkylation sites (tertiary alicyclic amines) is 2. The standard InChI is InChI=1S/C36H45FN2O5/c1-22(2)27-19-28-34(29(21-40)33(27)32(42)11-9-23(3)17-25-10-12-31(41)30(37)18-25)36(44)39(35(28)43)26-13-15-38(16-14-26)20-24-7-5-4-6-8-24/h4-8,10,12,17-18,22,26,28-29,32,34,40-42H,9,11,13-16,19-21H2,1-3H3/b23-17+/t28-,29+,32-,34-/m1/s1. The number of rotatable bonds is 10. The number of fused-ring (bicyclic) bond motifs is 1. The van der Waals surface area contributed by atoms with E-state index in [9.17, 15) is 29.3 Å². The van der Waals surface area contributed by atoms with Crippen LogP contribution >= 0.6 is 0 Å². The van der Waals surface area contributed by atoms with Crippen molar-refractivity contribution < 1.29 is 29.3 Å². The van der Waals surface area contributed by atoms with Crippen LogP contribution in [0.4, 0.5) is 4.39 Å². The Kier molecular flexibility index (Phi) is 10.0. The molecule has 2 aliphatic heterocycles. The number of aliphatic hydroxyl groups excluding tert-OH is 2. The summed E-state index contributed by atoms with van der Waals surface area (Å²) in [5.74, 6) is -3.19. The molecule has 2 heterocycles. The Morgan fingerprint density at radius 3 is 2.41 bits per heavy atom. The van der Waals surface area contributed by atoms with Gasteiger partial charge in [-0.25, -0.2) is 4.39 Å². The van der Waals surface area contributed by atoms with Crippen molar-refractivity contribution in [3.63, 3.8) is 0 Å². The molecule has 2 fully saturated rings. The minimum atomic E-state index is -0.886. The van der Waals surface area contributed by atoms with Crippen LogP contribution in [0.1, 0.15) is 64.0 Å². The second kappa shape index (κ2) is 13.8. The number of imide groups is 1. The van der Waals surface area contributed by atoms with E-state index in [2.05, 4.69) is 17.0 Å². The third kappa shape index (κ3) is 6.67. The summed E-state index contributed by atoms with van der Waals surface area (Å²) in [6, 6.07) is 14.3. The maximum Gasteiger partial charge on any atom is 0.234 e. The molecule has 2 amide bonds. The lowest BCUT2D eigenvalue weighted by atomic mass is 9.66. The second-order valence-electron chi connectivity index (χ2n) is 13.1. The lowest BCUT2D eigenvalue weighted by Gasteiger charge is -2.38. The van der Waals surface area contributed by atoms with Crippen LogP contribution in [0.2, 0.25) is 0 Å². The number of carbonyl (C=O) groups is 2. The molecule has 0 spiro atoms. The molecule has 0 radical (unpaired) electrons. The lowest BCUT2D eigenvalue weighted by molar-refractivity contribution is -0.144. The molecule has 0 saturated carbocycles. The molecule has 2 aromatic rings. The van der Waals surface area contributed by atoms with Gasteiger partial charge in [0, 0.05) is 31.6 Å². The van der Waals surface area contributed by atoms with Crippen molar-refractivity contribution >= 4 is 17.9 Å². The Morgan fingerprint density at radius 1 is 1.07 bits per heavy atom. The summed E-state index contributed by atoms with van der Waals surface area (Å²) in [5, 5.41) is 31.6. The number of piperidine rings is 1. The predicted molar refractivity (Wildman–Crippen MR) is 168 cm³/mol. The van der Waals surface area contributed by atoms with Gasteiger partial charge in [-0.15, -0.1) is 0 Å². The number of aromatic hydroxyl groups is 1. The van der Waals surface area contributed by atoms with E-state index in [-0.39, 0.29) is 30.4 Å². The van der Waals surface area contributed by atoms with Crippen LogP contribution < -0.4 is 0 Å². The first-order valence-corrected chi connectivity index (χ1v) is 15.9. The van der Waals surface area contributed by atoms with E-state index in [4.69, 9.17) is 0 Å². The van der Waals surface area contributed by atoms with E-state index in [0.717, 1.165) is 43.6 Å². The molecular weight excluding hydrogens is 559 g/mol. The molecule has 0 unspecified atom stereocenters. The number of carbonyl (C=O) groups excluding carboxylic acids is 2. The molecule has 3 N–H and O–H groups in total. The summed E-state index contributed by atoms with van der Waals surface area (Å²) in [6.07, 6.45) is 3.69. The summed E-state index contributed by atoms with van der Waals surface area (Å²) < 4.78 is 13.8. The van der Waals surface area contributed by atoms with Gasteiger partial charge in [-0.1, -0.05) is 67.5 Å². The topological polar surface area (TPSA) is 101 Å². The van der Waals surface area contributed by atoms with E-state index < -0.39 is 35.4 Å². The van der Waals surface area contributed by atoms with Gasteiger partial charge < -0.3 is 15.3 Å². The molecule has 2 saturated heterocycles. The van der Waals surface area contributed by atoms with Crippen molar-refractivity contribution in [1.29, 1.82) is 0 Å². The highest BCUT2D eigenvalue weighted by Crippen LogP contribution is 2.49. The van der Waals surface area contributed by atoms with Crippen molar-refractivity contribution in [2.75, 3.05) is 19.7 Å². The normalized spacial score (nSPS) is 24.4. The van der Waals surface area contributed by atoms with E-state index >= 15 is 0 Å². The number of aliphatic hydroxyl groups is 2. The summed E-state index contributed by atoms with van der Waals surface area (Å²) in [5.41, 5.74) is 4.44. The number of phenolic OH excluding ortho intramolecular Hbond substituents is 1. The first-order valence-electron chi connectivity index (χ1n) is 15.9. The average molecular weight is 605 g/mol. The van der Waals surface area contributed by atoms with Crippen LogP contribution in [0.25, 0.3) is 6.08 Å². The molecule has 0 aromatic heterocycles. The number of hydrogen-bond acceptors (Lipinski definition) is 6. The zero-order valence-electron chi connectivity index (χ0n) is 26.0. The van der Waals surface area contributed by atoms with Crippen LogP contribution in [0, 0.1) is 29.5 Å². The van der Waals surface area contributed by atoms with E-state index in [1.807, 2.05) is 45.0 Å². The van der Waals surface area contributed by atoms with Gasteiger partial charge in [0.2, 0.25) is 11.8 Å². The molecular formula is C36H45FN2O5. The minimum Gasteiger partial charge on any atom is -0.505 e. The highest BCUT2D eigenvalue weighted by atomic mass is 19.1. The van der Waals surface area contributed by atoms with Gasteiger partial charge in [-0.05, 0) is 73.8 Å². The fourth-order valence-corrected chi connectivity index (χ4v) is 7.50. The SMILES string of the molecule is C/C(=C\c1ccc(O)c(F)c1)CC[C@@H](O)C1=C(C(C)C)C[C@H]2C(=O)N(C3CCN(Cc4ccccc4)CC3)C(=O)[C@H]2[C@H]1CO. The third-order valence-corrected chi connectivity index (χ3v) is 9.78. The zero-order chi connectivity index (χ0) is 31.5. The summed E-state index contributed by atoms with van der Waals surface area (Å²) in [7, 11) is 0. The highest BCUT2D eigenvalue weighted by Gasteiger charge is 2.56. The maximum absolute atomic E-state index is 14.0. The van der Waals surface area contributed by atoms with Gasteiger partial charge in [0.05, 0.1) is 24.5 Å². The smallest absolute Gasteiger partial charge is 0.234 e. The number of nitrogens with zero attached hydrogens (tertiary/aromatic N) is 2. The van der Waals surface area contributed by atoms with Crippen molar-refractivity contribution in [3.05, 3.63) is 82.2 Å². The van der Waals surface area contributed by atoms with Gasteiger partial charge in [0.25, 0.3) is 0 Å². The Morgan fingerprint density at radius 2 is 1.77 bits per heavy atom. The second-order valence-corrected chi connectivity index (χ2v) is 13.1. The quantitative estimate of drug-likeness (QED) is 0.251. The summed E-state index contributed by atoms with van der Waals surface area (Å²) >= 11 is 0. The molecule has 236 valence electrons.